The molecule has 0 aliphatic rings. The molecular formula is C16H16ClN3O3. The highest BCUT2D eigenvalue weighted by molar-refractivity contribution is 6.33. The molecule has 0 saturated heterocycles. The number of urea groups is 1. The van der Waals surface area contributed by atoms with Crippen molar-refractivity contribution in [3.8, 4) is 0 Å². The molecule has 0 heterocycles. The fourth-order valence-electron chi connectivity index (χ4n) is 2.09. The highest BCUT2D eigenvalue weighted by atomic mass is 35.5. The maximum Gasteiger partial charge on any atom is 0.319 e. The minimum Gasteiger partial charge on any atom is -0.338 e. The lowest BCUT2D eigenvalue weighted by Gasteiger charge is -2.10. The fourth-order valence-corrected chi connectivity index (χ4v) is 2.26. The fraction of sp³-hybridized carbons (Fsp3) is 0.188. The first-order chi connectivity index (χ1) is 11.0. The summed E-state index contributed by atoms with van der Waals surface area (Å²) in [6.45, 7) is 2.46. The molecule has 0 radical (unpaired) electrons. The van der Waals surface area contributed by atoms with Crippen molar-refractivity contribution in [2.75, 3.05) is 11.9 Å². The zero-order valence-corrected chi connectivity index (χ0v) is 13.3. The Balaban J connectivity index is 1.91. The van der Waals surface area contributed by atoms with E-state index < -0.39 is 11.0 Å². The van der Waals surface area contributed by atoms with Crippen molar-refractivity contribution in [1.82, 2.24) is 5.32 Å². The molecule has 0 fully saturated rings. The molecule has 2 aromatic rings. The lowest BCUT2D eigenvalue weighted by Crippen LogP contribution is -2.30. The third-order valence-corrected chi connectivity index (χ3v) is 3.68. The van der Waals surface area contributed by atoms with Gasteiger partial charge in [-0.3, -0.25) is 10.1 Å². The van der Waals surface area contributed by atoms with Crippen LogP contribution < -0.4 is 10.6 Å². The maximum atomic E-state index is 11.9. The van der Waals surface area contributed by atoms with Crippen LogP contribution in [0.25, 0.3) is 0 Å². The van der Waals surface area contributed by atoms with Gasteiger partial charge in [0, 0.05) is 18.7 Å². The van der Waals surface area contributed by atoms with Gasteiger partial charge in [0.15, 0.2) is 0 Å². The van der Waals surface area contributed by atoms with E-state index in [-0.39, 0.29) is 16.4 Å². The second kappa shape index (κ2) is 7.60. The SMILES string of the molecule is Cc1ccccc1CCNC(=O)Nc1cc([N+](=O)[O-])ccc1Cl. The van der Waals surface area contributed by atoms with Gasteiger partial charge < -0.3 is 10.6 Å². The number of aryl methyl sites for hydroxylation is 1. The van der Waals surface area contributed by atoms with Gasteiger partial charge in [-0.05, 0) is 30.5 Å². The molecule has 0 bridgehead atoms. The number of anilines is 1. The zero-order chi connectivity index (χ0) is 16.8. The molecule has 0 aliphatic carbocycles. The Morgan fingerprint density at radius 1 is 1.26 bits per heavy atom. The van der Waals surface area contributed by atoms with Gasteiger partial charge in [-0.1, -0.05) is 35.9 Å². The molecule has 2 N–H and O–H groups in total. The van der Waals surface area contributed by atoms with Crippen LogP contribution in [0.3, 0.4) is 0 Å². The van der Waals surface area contributed by atoms with E-state index in [1.807, 2.05) is 31.2 Å². The van der Waals surface area contributed by atoms with Crippen molar-refractivity contribution in [2.45, 2.75) is 13.3 Å². The summed E-state index contributed by atoms with van der Waals surface area (Å²) in [5.41, 5.74) is 2.39. The number of halogens is 1. The minimum atomic E-state index is -0.544. The number of benzene rings is 2. The van der Waals surface area contributed by atoms with E-state index >= 15 is 0 Å². The van der Waals surface area contributed by atoms with Crippen LogP contribution in [0.2, 0.25) is 5.02 Å². The molecule has 2 amide bonds. The smallest absolute Gasteiger partial charge is 0.319 e. The standard InChI is InChI=1S/C16H16ClN3O3/c1-11-4-2-3-5-12(11)8-9-18-16(21)19-15-10-13(20(22)23)6-7-14(15)17/h2-7,10H,8-9H2,1H3,(H2,18,19,21). The van der Waals surface area contributed by atoms with E-state index in [9.17, 15) is 14.9 Å². The zero-order valence-electron chi connectivity index (χ0n) is 12.5. The molecule has 0 saturated carbocycles. The number of carbonyl (C=O) groups excluding carboxylic acids is 1. The molecular weight excluding hydrogens is 318 g/mol. The largest absolute Gasteiger partial charge is 0.338 e. The number of amides is 2. The van der Waals surface area contributed by atoms with Gasteiger partial charge in [0.25, 0.3) is 5.69 Å². The molecule has 6 nitrogen and oxygen atoms in total. The number of nitrogens with one attached hydrogen (secondary N) is 2. The highest BCUT2D eigenvalue weighted by Gasteiger charge is 2.11. The second-order valence-electron chi connectivity index (χ2n) is 4.98. The Kier molecular flexibility index (Phi) is 5.54. The lowest BCUT2D eigenvalue weighted by atomic mass is 10.1. The Hall–Kier alpha value is -2.60. The van der Waals surface area contributed by atoms with Gasteiger partial charge in [0.05, 0.1) is 15.6 Å². The Morgan fingerprint density at radius 2 is 2.00 bits per heavy atom. The van der Waals surface area contributed by atoms with E-state index in [4.69, 9.17) is 11.6 Å². The molecule has 0 aromatic heterocycles. The number of hydrogen-bond donors (Lipinski definition) is 2. The first-order valence-electron chi connectivity index (χ1n) is 7.00. The van der Waals surface area contributed by atoms with Crippen molar-refractivity contribution >= 4 is 29.0 Å². The molecule has 0 atom stereocenters. The van der Waals surface area contributed by atoms with Crippen molar-refractivity contribution < 1.29 is 9.72 Å². The van der Waals surface area contributed by atoms with Crippen LogP contribution in [-0.4, -0.2) is 17.5 Å². The molecule has 120 valence electrons. The lowest BCUT2D eigenvalue weighted by molar-refractivity contribution is -0.384. The third kappa shape index (κ3) is 4.69. The number of carbonyl (C=O) groups is 1. The van der Waals surface area contributed by atoms with Gasteiger partial charge in [-0.25, -0.2) is 4.79 Å². The molecule has 7 heteroatoms. The summed E-state index contributed by atoms with van der Waals surface area (Å²) >= 11 is 5.93. The predicted octanol–water partition coefficient (Wildman–Crippen LogP) is 3.92. The molecule has 0 aliphatic heterocycles. The van der Waals surface area contributed by atoms with E-state index in [0.717, 1.165) is 11.1 Å². The van der Waals surface area contributed by atoms with E-state index in [0.29, 0.717) is 13.0 Å². The first kappa shape index (κ1) is 16.8. The van der Waals surface area contributed by atoms with Gasteiger partial charge in [-0.15, -0.1) is 0 Å². The number of non-ortho nitro benzene ring substituents is 1. The average Bonchev–Trinajstić information content (AvgIpc) is 2.51. The maximum absolute atomic E-state index is 11.9. The van der Waals surface area contributed by atoms with Crippen LogP contribution in [0.5, 0.6) is 0 Å². The molecule has 2 rings (SSSR count). The molecule has 0 spiro atoms. The van der Waals surface area contributed by atoms with Gasteiger partial charge in [0.2, 0.25) is 0 Å². The van der Waals surface area contributed by atoms with Gasteiger partial charge in [0.1, 0.15) is 0 Å². The summed E-state index contributed by atoms with van der Waals surface area (Å²) in [7, 11) is 0. The van der Waals surface area contributed by atoms with Crippen LogP contribution in [0.15, 0.2) is 42.5 Å². The average molecular weight is 334 g/mol. The minimum absolute atomic E-state index is 0.135. The van der Waals surface area contributed by atoms with Gasteiger partial charge >= 0.3 is 6.03 Å². The van der Waals surface area contributed by atoms with Crippen LogP contribution in [0, 0.1) is 17.0 Å². The summed E-state index contributed by atoms with van der Waals surface area (Å²) in [5.74, 6) is 0. The summed E-state index contributed by atoms with van der Waals surface area (Å²) in [6.07, 6.45) is 0.697. The van der Waals surface area contributed by atoms with Crippen molar-refractivity contribution in [3.05, 3.63) is 68.7 Å². The van der Waals surface area contributed by atoms with E-state index in [2.05, 4.69) is 10.6 Å². The Morgan fingerprint density at radius 3 is 2.70 bits per heavy atom. The Bertz CT molecular complexity index is 734. The predicted molar refractivity (Wildman–Crippen MR) is 90.0 cm³/mol. The van der Waals surface area contributed by atoms with Crippen molar-refractivity contribution in [2.24, 2.45) is 0 Å². The number of nitro benzene ring substituents is 1. The van der Waals surface area contributed by atoms with Crippen LogP contribution in [-0.2, 0) is 6.42 Å². The topological polar surface area (TPSA) is 84.3 Å². The van der Waals surface area contributed by atoms with Crippen LogP contribution in [0.1, 0.15) is 11.1 Å². The summed E-state index contributed by atoms with van der Waals surface area (Å²) in [4.78, 5) is 22.1. The monoisotopic (exact) mass is 333 g/mol. The van der Waals surface area contributed by atoms with E-state index in [1.54, 1.807) is 0 Å². The third-order valence-electron chi connectivity index (χ3n) is 3.35. The van der Waals surface area contributed by atoms with Gasteiger partial charge in [-0.2, -0.15) is 0 Å². The molecule has 0 unspecified atom stereocenters. The van der Waals surface area contributed by atoms with Crippen LogP contribution in [0.4, 0.5) is 16.2 Å². The number of hydrogen-bond acceptors (Lipinski definition) is 3. The Labute approximate surface area is 138 Å². The van der Waals surface area contributed by atoms with Crippen LogP contribution >= 0.6 is 11.6 Å². The summed E-state index contributed by atoms with van der Waals surface area (Å²) in [6, 6.07) is 11.4. The quantitative estimate of drug-likeness (QED) is 0.642. The molecule has 2 aromatic carbocycles. The normalized spacial score (nSPS) is 10.2. The number of nitro groups is 1. The number of nitrogens with zero attached hydrogens (tertiary/aromatic N) is 1. The summed E-state index contributed by atoms with van der Waals surface area (Å²) < 4.78 is 0. The molecule has 23 heavy (non-hydrogen) atoms. The van der Waals surface area contributed by atoms with Crippen molar-refractivity contribution in [1.29, 1.82) is 0 Å². The number of rotatable bonds is 5. The summed E-state index contributed by atoms with van der Waals surface area (Å²) in [5, 5.41) is 16.2. The first-order valence-corrected chi connectivity index (χ1v) is 7.38. The van der Waals surface area contributed by atoms with Crippen molar-refractivity contribution in [3.63, 3.8) is 0 Å². The van der Waals surface area contributed by atoms with E-state index in [1.165, 1.54) is 18.2 Å². The highest BCUT2D eigenvalue weighted by Crippen LogP contribution is 2.26. The second-order valence-corrected chi connectivity index (χ2v) is 5.39.